The topological polar surface area (TPSA) is 33.2 Å². The molecule has 4 nitrogen and oxygen atoms in total. The molecule has 0 bridgehead atoms. The number of carbonyl (C=O) groups is 1. The van der Waals surface area contributed by atoms with Gasteiger partial charge in [-0.05, 0) is 30.3 Å². The van der Waals surface area contributed by atoms with E-state index in [2.05, 4.69) is 16.6 Å². The van der Waals surface area contributed by atoms with Gasteiger partial charge in [0.25, 0.3) is 0 Å². The largest absolute Gasteiger partial charge is 0.416 e. The highest BCUT2D eigenvalue weighted by Crippen LogP contribution is 2.37. The van der Waals surface area contributed by atoms with Crippen LogP contribution in [0.15, 0.2) is 53.9 Å². The van der Waals surface area contributed by atoms with Gasteiger partial charge in [-0.15, -0.1) is 22.9 Å². The Morgan fingerprint density at radius 2 is 1.76 bits per heavy atom. The van der Waals surface area contributed by atoms with E-state index in [1.807, 2.05) is 27.2 Å². The number of hydrogen-bond donors (Lipinski definition) is 0. The van der Waals surface area contributed by atoms with Crippen LogP contribution in [0.4, 0.5) is 24.0 Å². The number of alkyl halides is 4. The summed E-state index contributed by atoms with van der Waals surface area (Å²) < 4.78 is 40.6. The number of carbonyl (C=O) groups excluding carboxylic acids is 1. The van der Waals surface area contributed by atoms with Gasteiger partial charge >= 0.3 is 6.18 Å². The number of aromatic nitrogens is 1. The Kier molecular flexibility index (Phi) is 9.94. The zero-order valence-electron chi connectivity index (χ0n) is 19.4. The van der Waals surface area contributed by atoms with E-state index < -0.39 is 11.7 Å². The molecule has 2 aromatic carbocycles. The predicted molar refractivity (Wildman–Crippen MR) is 135 cm³/mol. The third-order valence-electron chi connectivity index (χ3n) is 4.70. The first-order valence-electron chi connectivity index (χ1n) is 10.3. The lowest BCUT2D eigenvalue weighted by atomic mass is 10.1. The van der Waals surface area contributed by atoms with Crippen molar-refractivity contribution < 1.29 is 22.4 Å². The Bertz CT molecular complexity index is 1100. The van der Waals surface area contributed by atoms with Gasteiger partial charge in [-0.3, -0.25) is 9.69 Å². The van der Waals surface area contributed by atoms with Crippen molar-refractivity contribution in [3.63, 3.8) is 0 Å². The summed E-state index contributed by atoms with van der Waals surface area (Å²) in [5.74, 6) is -0.301. The zero-order valence-corrected chi connectivity index (χ0v) is 21.7. The maximum absolute atomic E-state index is 13.3. The Morgan fingerprint density at radius 1 is 1.09 bits per heavy atom. The molecule has 0 aliphatic rings. The normalized spacial score (nSPS) is 11.6. The fourth-order valence-corrected chi connectivity index (χ4v) is 4.21. The highest BCUT2D eigenvalue weighted by molar-refractivity contribution is 7.14. The Morgan fingerprint density at radius 3 is 2.38 bits per heavy atom. The summed E-state index contributed by atoms with van der Waals surface area (Å²) in [4.78, 5) is 19.0. The second kappa shape index (κ2) is 12.0. The second-order valence-corrected chi connectivity index (χ2v) is 9.69. The van der Waals surface area contributed by atoms with Crippen molar-refractivity contribution in [3.8, 4) is 11.3 Å². The molecule has 3 rings (SSSR count). The molecule has 184 valence electrons. The molecule has 0 atom stereocenters. The third kappa shape index (κ3) is 7.98. The molecule has 10 heteroatoms. The van der Waals surface area contributed by atoms with Crippen LogP contribution in [-0.2, 0) is 11.0 Å². The van der Waals surface area contributed by atoms with Gasteiger partial charge in [-0.2, -0.15) is 13.2 Å². The first kappa shape index (κ1) is 28.1. The zero-order chi connectivity index (χ0) is 25.5. The van der Waals surface area contributed by atoms with Gasteiger partial charge in [0, 0.05) is 35.2 Å². The van der Waals surface area contributed by atoms with Crippen LogP contribution in [0.1, 0.15) is 18.4 Å². The summed E-state index contributed by atoms with van der Waals surface area (Å²) >= 11 is 11.9. The summed E-state index contributed by atoms with van der Waals surface area (Å²) in [6.45, 7) is 0.758. The quantitative estimate of drug-likeness (QED) is 0.233. The minimum atomic E-state index is -4.51. The number of halogens is 5. The molecule has 1 heterocycles. The number of amides is 1. The predicted octanol–water partition coefficient (Wildman–Crippen LogP) is 7.49. The number of thiazole rings is 1. The summed E-state index contributed by atoms with van der Waals surface area (Å²) in [6, 6.07) is 11.9. The Hall–Kier alpha value is -2.13. The maximum atomic E-state index is 13.3. The SMILES string of the molecule is CCl.C[N+](C)(C)CCCC(=O)N(c1cccc(C(F)(F)F)c1)c1nc(-c2cccc(Cl)c2)cs1. The minimum absolute atomic E-state index is 0.141. The average Bonchev–Trinajstić information content (AvgIpc) is 3.24. The van der Waals surface area contributed by atoms with E-state index >= 15 is 0 Å². The lowest BCUT2D eigenvalue weighted by Gasteiger charge is -2.25. The first-order valence-corrected chi connectivity index (χ1v) is 12.4. The molecule has 34 heavy (non-hydrogen) atoms. The average molecular weight is 533 g/mol. The Labute approximate surface area is 212 Å². The highest BCUT2D eigenvalue weighted by Gasteiger charge is 2.32. The van der Waals surface area contributed by atoms with E-state index in [1.54, 1.807) is 23.6 Å². The summed E-state index contributed by atoms with van der Waals surface area (Å²) in [5, 5.41) is 2.62. The molecule has 0 N–H and O–H groups in total. The van der Waals surface area contributed by atoms with E-state index in [0.29, 0.717) is 26.8 Å². The standard InChI is InChI=1S/C23H24ClF3N3OS.CH3Cl/c1-30(2,3)12-6-11-21(31)29(19-10-5-8-17(14-19)23(25,26)27)22-28-20(15-32-22)16-7-4-9-18(24)13-16;1-2/h4-5,7-10,13-15H,6,11-12H2,1-3H3;1H3/q+1;. The van der Waals surface area contributed by atoms with Crippen LogP contribution in [0.5, 0.6) is 0 Å². The molecule has 0 radical (unpaired) electrons. The third-order valence-corrected chi connectivity index (χ3v) is 5.77. The van der Waals surface area contributed by atoms with Gasteiger partial charge < -0.3 is 4.48 Å². The number of hydrogen-bond acceptors (Lipinski definition) is 3. The molecule has 0 saturated heterocycles. The summed E-state index contributed by atoms with van der Waals surface area (Å²) in [7, 11) is 6.06. The molecule has 0 aliphatic heterocycles. The molecule has 0 fully saturated rings. The number of anilines is 2. The van der Waals surface area contributed by atoms with Crippen molar-refractivity contribution in [2.45, 2.75) is 19.0 Å². The van der Waals surface area contributed by atoms with Gasteiger partial charge in [0.05, 0.1) is 44.6 Å². The molecule has 0 unspecified atom stereocenters. The van der Waals surface area contributed by atoms with Crippen molar-refractivity contribution in [3.05, 3.63) is 64.5 Å². The van der Waals surface area contributed by atoms with Crippen molar-refractivity contribution >= 4 is 51.3 Å². The van der Waals surface area contributed by atoms with Crippen LogP contribution in [0, 0.1) is 0 Å². The molecule has 3 aromatic rings. The van der Waals surface area contributed by atoms with Crippen molar-refractivity contribution in [1.82, 2.24) is 4.98 Å². The fourth-order valence-electron chi connectivity index (χ4n) is 3.15. The van der Waals surface area contributed by atoms with Crippen LogP contribution in [0.3, 0.4) is 0 Å². The molecular formula is C24H27Cl2F3N3OS+. The van der Waals surface area contributed by atoms with Crippen LogP contribution < -0.4 is 4.90 Å². The lowest BCUT2D eigenvalue weighted by molar-refractivity contribution is -0.870. The van der Waals surface area contributed by atoms with Crippen LogP contribution >= 0.6 is 34.5 Å². The summed E-state index contributed by atoms with van der Waals surface area (Å²) in [6.07, 6.45) is -2.24. The maximum Gasteiger partial charge on any atom is 0.416 e. The lowest BCUT2D eigenvalue weighted by Crippen LogP contribution is -2.36. The number of benzene rings is 2. The Balaban J connectivity index is 0.00000199. The first-order chi connectivity index (χ1) is 15.9. The van der Waals surface area contributed by atoms with Crippen LogP contribution in [-0.4, -0.2) is 49.4 Å². The molecule has 1 aromatic heterocycles. The van der Waals surface area contributed by atoms with Gasteiger partial charge in [-0.1, -0.05) is 29.8 Å². The van der Waals surface area contributed by atoms with Gasteiger partial charge in [0.15, 0.2) is 5.13 Å². The van der Waals surface area contributed by atoms with Crippen LogP contribution in [0.25, 0.3) is 11.3 Å². The molecule has 0 aliphatic carbocycles. The molecular weight excluding hydrogens is 506 g/mol. The number of rotatable bonds is 7. The summed E-state index contributed by atoms with van der Waals surface area (Å²) in [5.41, 5.74) is 0.693. The molecule has 1 amide bonds. The number of quaternary nitrogens is 1. The van der Waals surface area contributed by atoms with E-state index in [4.69, 9.17) is 11.6 Å². The van der Waals surface area contributed by atoms with E-state index in [1.165, 1.54) is 34.8 Å². The van der Waals surface area contributed by atoms with Crippen LogP contribution in [0.2, 0.25) is 5.02 Å². The van der Waals surface area contributed by atoms with E-state index in [-0.39, 0.29) is 18.0 Å². The smallest absolute Gasteiger partial charge is 0.331 e. The fraction of sp³-hybridized carbons (Fsp3) is 0.333. The molecule has 0 spiro atoms. The van der Waals surface area contributed by atoms with Crippen molar-refractivity contribution in [1.29, 1.82) is 0 Å². The van der Waals surface area contributed by atoms with Crippen molar-refractivity contribution in [2.75, 3.05) is 39.0 Å². The van der Waals surface area contributed by atoms with E-state index in [0.717, 1.165) is 24.2 Å². The second-order valence-electron chi connectivity index (χ2n) is 8.42. The molecule has 0 saturated carbocycles. The van der Waals surface area contributed by atoms with Gasteiger partial charge in [-0.25, -0.2) is 4.98 Å². The van der Waals surface area contributed by atoms with Crippen molar-refractivity contribution in [2.24, 2.45) is 0 Å². The highest BCUT2D eigenvalue weighted by atomic mass is 35.5. The van der Waals surface area contributed by atoms with Gasteiger partial charge in [0.2, 0.25) is 5.91 Å². The number of nitrogens with zero attached hydrogens (tertiary/aromatic N) is 3. The van der Waals surface area contributed by atoms with Gasteiger partial charge in [0.1, 0.15) is 0 Å². The van der Waals surface area contributed by atoms with E-state index in [9.17, 15) is 18.0 Å². The minimum Gasteiger partial charge on any atom is -0.331 e. The monoisotopic (exact) mass is 532 g/mol.